The molecule has 2 aromatic heterocycles. The summed E-state index contributed by atoms with van der Waals surface area (Å²) in [5.41, 5.74) is 2.66. The van der Waals surface area contributed by atoms with Crippen LogP contribution in [0.3, 0.4) is 0 Å². The predicted octanol–water partition coefficient (Wildman–Crippen LogP) is 4.71. The lowest BCUT2D eigenvalue weighted by Gasteiger charge is -2.12. The normalized spacial score (nSPS) is 11.7. The number of carbonyl (C=O) groups excluding carboxylic acids is 2. The van der Waals surface area contributed by atoms with Crippen molar-refractivity contribution in [3.05, 3.63) is 84.7 Å². The first-order valence-electron chi connectivity index (χ1n) is 9.99. The lowest BCUT2D eigenvalue weighted by atomic mass is 10.2. The third-order valence-corrected chi connectivity index (χ3v) is 5.91. The van der Waals surface area contributed by atoms with Crippen LogP contribution in [0, 0.1) is 0 Å². The molecule has 0 spiro atoms. The summed E-state index contributed by atoms with van der Waals surface area (Å²) in [6, 6.07) is 19.8. The van der Waals surface area contributed by atoms with Crippen LogP contribution in [0.25, 0.3) is 5.52 Å². The molecule has 0 radical (unpaired) electrons. The second-order valence-electron chi connectivity index (χ2n) is 7.02. The Hall–Kier alpha value is -3.78. The molecule has 0 aliphatic carbocycles. The molecule has 0 aliphatic heterocycles. The molecule has 162 valence electrons. The number of methoxy groups -OCH3 is 1. The average Bonchev–Trinajstić information content (AvgIpc) is 3.22. The zero-order chi connectivity index (χ0) is 22.5. The fraction of sp³-hybridized carbons (Fsp3) is 0.125. The van der Waals surface area contributed by atoms with Crippen molar-refractivity contribution in [3.63, 3.8) is 0 Å². The SMILES string of the molecule is COc1ccccc1NC(=O)c1ccc(NC(=O)C(C)Sc2ncc3ccccn23)cc1. The van der Waals surface area contributed by atoms with Crippen LogP contribution in [0.5, 0.6) is 5.75 Å². The van der Waals surface area contributed by atoms with Gasteiger partial charge in [0.25, 0.3) is 5.91 Å². The average molecular weight is 447 g/mol. The van der Waals surface area contributed by atoms with Gasteiger partial charge in [-0.3, -0.25) is 14.0 Å². The van der Waals surface area contributed by atoms with Gasteiger partial charge in [-0.1, -0.05) is 30.0 Å². The molecule has 4 aromatic rings. The smallest absolute Gasteiger partial charge is 0.255 e. The molecule has 0 bridgehead atoms. The maximum atomic E-state index is 12.6. The molecule has 0 aliphatic rings. The number of nitrogens with zero attached hydrogens (tertiary/aromatic N) is 2. The van der Waals surface area contributed by atoms with E-state index in [9.17, 15) is 9.59 Å². The van der Waals surface area contributed by atoms with Gasteiger partial charge in [-0.15, -0.1) is 0 Å². The van der Waals surface area contributed by atoms with Gasteiger partial charge < -0.3 is 15.4 Å². The largest absolute Gasteiger partial charge is 0.495 e. The van der Waals surface area contributed by atoms with E-state index >= 15 is 0 Å². The molecule has 8 heteroatoms. The Kier molecular flexibility index (Phi) is 6.42. The molecule has 0 saturated heterocycles. The van der Waals surface area contributed by atoms with Crippen LogP contribution >= 0.6 is 11.8 Å². The van der Waals surface area contributed by atoms with E-state index in [4.69, 9.17) is 4.74 Å². The molecule has 2 aromatic carbocycles. The summed E-state index contributed by atoms with van der Waals surface area (Å²) in [5.74, 6) is 0.179. The first kappa shape index (κ1) is 21.5. The lowest BCUT2D eigenvalue weighted by molar-refractivity contribution is -0.115. The van der Waals surface area contributed by atoms with Crippen molar-refractivity contribution in [1.29, 1.82) is 0 Å². The van der Waals surface area contributed by atoms with Gasteiger partial charge in [0.1, 0.15) is 5.75 Å². The molecule has 2 N–H and O–H groups in total. The first-order chi connectivity index (χ1) is 15.5. The van der Waals surface area contributed by atoms with Gasteiger partial charge in [-0.05, 0) is 55.5 Å². The van der Waals surface area contributed by atoms with Crippen LogP contribution in [0.15, 0.2) is 84.3 Å². The van der Waals surface area contributed by atoms with E-state index < -0.39 is 0 Å². The molecular weight excluding hydrogens is 424 g/mol. The number of ether oxygens (including phenoxy) is 1. The zero-order valence-corrected chi connectivity index (χ0v) is 18.4. The number of aromatic nitrogens is 2. The van der Waals surface area contributed by atoms with Gasteiger partial charge in [-0.25, -0.2) is 4.98 Å². The zero-order valence-electron chi connectivity index (χ0n) is 17.6. The van der Waals surface area contributed by atoms with E-state index in [1.165, 1.54) is 11.8 Å². The summed E-state index contributed by atoms with van der Waals surface area (Å²) >= 11 is 1.38. The number of pyridine rings is 1. The number of fused-ring (bicyclic) bond motifs is 1. The Balaban J connectivity index is 1.37. The van der Waals surface area contributed by atoms with Crippen LogP contribution < -0.4 is 15.4 Å². The Morgan fingerprint density at radius 2 is 1.75 bits per heavy atom. The highest BCUT2D eigenvalue weighted by Crippen LogP contribution is 2.25. The Morgan fingerprint density at radius 1 is 1.00 bits per heavy atom. The summed E-state index contributed by atoms with van der Waals surface area (Å²) in [6.07, 6.45) is 3.70. The van der Waals surface area contributed by atoms with Crippen molar-refractivity contribution in [2.45, 2.75) is 17.3 Å². The molecular formula is C24H22N4O3S. The molecule has 2 amide bonds. The number of thioether (sulfide) groups is 1. The third-order valence-electron chi connectivity index (χ3n) is 4.83. The van der Waals surface area contributed by atoms with Crippen LogP contribution in [0.4, 0.5) is 11.4 Å². The monoisotopic (exact) mass is 446 g/mol. The maximum absolute atomic E-state index is 12.6. The fourth-order valence-corrected chi connectivity index (χ4v) is 3.98. The van der Waals surface area contributed by atoms with Gasteiger partial charge in [0.05, 0.1) is 29.8 Å². The molecule has 1 unspecified atom stereocenters. The second-order valence-corrected chi connectivity index (χ2v) is 8.33. The lowest BCUT2D eigenvalue weighted by Crippen LogP contribution is -2.22. The quantitative estimate of drug-likeness (QED) is 0.402. The van der Waals surface area contributed by atoms with Crippen molar-refractivity contribution in [2.24, 2.45) is 0 Å². The predicted molar refractivity (Wildman–Crippen MR) is 127 cm³/mol. The van der Waals surface area contributed by atoms with Gasteiger partial charge >= 0.3 is 0 Å². The van der Waals surface area contributed by atoms with E-state index in [2.05, 4.69) is 15.6 Å². The Morgan fingerprint density at radius 3 is 2.53 bits per heavy atom. The van der Waals surface area contributed by atoms with Crippen LogP contribution in [-0.2, 0) is 4.79 Å². The van der Waals surface area contributed by atoms with Crippen molar-refractivity contribution in [1.82, 2.24) is 9.38 Å². The van der Waals surface area contributed by atoms with Crippen molar-refractivity contribution >= 4 is 40.5 Å². The topological polar surface area (TPSA) is 84.7 Å². The highest BCUT2D eigenvalue weighted by molar-refractivity contribution is 8.00. The third kappa shape index (κ3) is 4.76. The molecule has 4 rings (SSSR count). The number of amides is 2. The molecule has 0 saturated carbocycles. The minimum atomic E-state index is -0.352. The summed E-state index contributed by atoms with van der Waals surface area (Å²) in [7, 11) is 1.55. The summed E-state index contributed by atoms with van der Waals surface area (Å²) in [4.78, 5) is 29.6. The summed E-state index contributed by atoms with van der Waals surface area (Å²) in [6.45, 7) is 1.83. The van der Waals surface area contributed by atoms with E-state index in [0.717, 1.165) is 10.7 Å². The molecule has 0 fully saturated rings. The Labute approximate surface area is 189 Å². The number of anilines is 2. The van der Waals surface area contributed by atoms with Crippen LogP contribution in [-0.4, -0.2) is 33.6 Å². The second kappa shape index (κ2) is 9.57. The van der Waals surface area contributed by atoms with E-state index in [1.807, 2.05) is 47.9 Å². The number of para-hydroxylation sites is 2. The molecule has 2 heterocycles. The van der Waals surface area contributed by atoms with Crippen molar-refractivity contribution < 1.29 is 14.3 Å². The number of hydrogen-bond acceptors (Lipinski definition) is 5. The number of carbonyl (C=O) groups is 2. The highest BCUT2D eigenvalue weighted by Gasteiger charge is 2.18. The van der Waals surface area contributed by atoms with Gasteiger partial charge in [0.15, 0.2) is 5.16 Å². The van der Waals surface area contributed by atoms with Gasteiger partial charge in [0, 0.05) is 17.4 Å². The van der Waals surface area contributed by atoms with Gasteiger partial charge in [0.2, 0.25) is 5.91 Å². The molecule has 1 atom stereocenters. The van der Waals surface area contributed by atoms with E-state index in [0.29, 0.717) is 22.7 Å². The van der Waals surface area contributed by atoms with Crippen molar-refractivity contribution in [3.8, 4) is 5.75 Å². The minimum absolute atomic E-state index is 0.145. The van der Waals surface area contributed by atoms with Crippen molar-refractivity contribution in [2.75, 3.05) is 17.7 Å². The number of benzene rings is 2. The molecule has 32 heavy (non-hydrogen) atoms. The number of nitrogens with one attached hydrogen (secondary N) is 2. The van der Waals surface area contributed by atoms with Crippen LogP contribution in [0.2, 0.25) is 0 Å². The summed E-state index contributed by atoms with van der Waals surface area (Å²) < 4.78 is 7.21. The van der Waals surface area contributed by atoms with Crippen LogP contribution in [0.1, 0.15) is 17.3 Å². The van der Waals surface area contributed by atoms with E-state index in [-0.39, 0.29) is 17.1 Å². The van der Waals surface area contributed by atoms with E-state index in [1.54, 1.807) is 49.7 Å². The molecule has 7 nitrogen and oxygen atoms in total. The minimum Gasteiger partial charge on any atom is -0.495 e. The Bertz CT molecular complexity index is 1250. The summed E-state index contributed by atoms with van der Waals surface area (Å²) in [5, 5.41) is 6.12. The number of rotatable bonds is 7. The standard InChI is InChI=1S/C24H22N4O3S/c1-16(32-24-25-15-19-7-5-6-14-28(19)24)22(29)26-18-12-10-17(11-13-18)23(30)27-20-8-3-4-9-21(20)31-2/h3-16H,1-2H3,(H,26,29)(H,27,30). The number of imidazole rings is 1. The number of hydrogen-bond donors (Lipinski definition) is 2. The maximum Gasteiger partial charge on any atom is 0.255 e. The van der Waals surface area contributed by atoms with Gasteiger partial charge in [-0.2, -0.15) is 0 Å². The fourth-order valence-electron chi connectivity index (χ4n) is 3.11. The highest BCUT2D eigenvalue weighted by atomic mass is 32.2. The first-order valence-corrected chi connectivity index (χ1v) is 10.9.